The average molecular weight is 266 g/mol. The molecule has 0 aromatic rings. The van der Waals surface area contributed by atoms with Gasteiger partial charge in [-0.25, -0.2) is 0 Å². The minimum Gasteiger partial charge on any atom is -0.365 e. The lowest BCUT2D eigenvalue weighted by atomic mass is 9.89. The maximum Gasteiger partial charge on any atom is 0.156 e. The molecule has 2 saturated carbocycles. The van der Waals surface area contributed by atoms with Crippen LogP contribution >= 0.6 is 11.8 Å². The largest absolute Gasteiger partial charge is 0.365 e. The number of hydrogen-bond acceptors (Lipinski definition) is 3. The molecule has 1 spiro atoms. The Morgan fingerprint density at radius 1 is 1.17 bits per heavy atom. The van der Waals surface area contributed by atoms with Gasteiger partial charge in [-0.3, -0.25) is 4.99 Å². The molecule has 1 aliphatic heterocycles. The Labute approximate surface area is 115 Å². The summed E-state index contributed by atoms with van der Waals surface area (Å²) in [5.41, 5.74) is 0.585. The summed E-state index contributed by atoms with van der Waals surface area (Å²) in [6.07, 6.45) is 12.9. The smallest absolute Gasteiger partial charge is 0.156 e. The van der Waals surface area contributed by atoms with E-state index in [1.54, 1.807) is 0 Å². The van der Waals surface area contributed by atoms with Crippen molar-refractivity contribution < 1.29 is 0 Å². The van der Waals surface area contributed by atoms with Gasteiger partial charge in [0.05, 0.1) is 0 Å². The molecule has 3 heteroatoms. The predicted octanol–water partition coefficient (Wildman–Crippen LogP) is 3.82. The molecule has 18 heavy (non-hydrogen) atoms. The average Bonchev–Trinajstić information content (AvgIpc) is 3.04. The molecule has 102 valence electrons. The first-order chi connectivity index (χ1) is 8.86. The first kappa shape index (κ1) is 12.8. The van der Waals surface area contributed by atoms with E-state index in [1.807, 2.05) is 11.8 Å². The summed E-state index contributed by atoms with van der Waals surface area (Å²) in [6.45, 7) is 2.23. The Morgan fingerprint density at radius 3 is 2.61 bits per heavy atom. The number of amidine groups is 1. The van der Waals surface area contributed by atoms with Crippen LogP contribution in [0.15, 0.2) is 4.99 Å². The minimum absolute atomic E-state index is 0.585. The molecule has 0 amide bonds. The van der Waals surface area contributed by atoms with Gasteiger partial charge in [-0.2, -0.15) is 0 Å². The van der Waals surface area contributed by atoms with Crippen molar-refractivity contribution in [3.63, 3.8) is 0 Å². The zero-order chi connectivity index (χ0) is 12.3. The molecular weight excluding hydrogens is 240 g/mol. The van der Waals surface area contributed by atoms with Crippen molar-refractivity contribution in [1.82, 2.24) is 5.32 Å². The molecule has 0 radical (unpaired) electrons. The first-order valence-corrected chi connectivity index (χ1v) is 8.76. The van der Waals surface area contributed by atoms with Crippen LogP contribution in [0.4, 0.5) is 0 Å². The van der Waals surface area contributed by atoms with Crippen LogP contribution in [0.5, 0.6) is 0 Å². The van der Waals surface area contributed by atoms with E-state index < -0.39 is 0 Å². The summed E-state index contributed by atoms with van der Waals surface area (Å²) in [6, 6.07) is 0. The number of hydrogen-bond donors (Lipinski definition) is 1. The Balaban J connectivity index is 1.39. The lowest BCUT2D eigenvalue weighted by Crippen LogP contribution is -2.34. The van der Waals surface area contributed by atoms with E-state index in [-0.39, 0.29) is 0 Å². The lowest BCUT2D eigenvalue weighted by molar-refractivity contribution is 0.358. The van der Waals surface area contributed by atoms with Gasteiger partial charge >= 0.3 is 0 Å². The molecule has 3 rings (SSSR count). The highest BCUT2D eigenvalue weighted by Gasteiger charge is 2.36. The topological polar surface area (TPSA) is 24.4 Å². The first-order valence-electron chi connectivity index (χ1n) is 7.78. The summed E-state index contributed by atoms with van der Waals surface area (Å²) in [5.74, 6) is 2.30. The Bertz CT molecular complexity index is 302. The highest BCUT2D eigenvalue weighted by molar-refractivity contribution is 8.13. The molecule has 2 nitrogen and oxygen atoms in total. The third-order valence-electron chi connectivity index (χ3n) is 5.04. The second-order valence-electron chi connectivity index (χ2n) is 6.48. The van der Waals surface area contributed by atoms with Crippen LogP contribution in [0.2, 0.25) is 0 Å². The molecule has 0 unspecified atom stereocenters. The van der Waals surface area contributed by atoms with Gasteiger partial charge in [-0.05, 0) is 30.6 Å². The Morgan fingerprint density at radius 2 is 1.94 bits per heavy atom. The van der Waals surface area contributed by atoms with Crippen LogP contribution in [0.3, 0.4) is 0 Å². The van der Waals surface area contributed by atoms with Crippen LogP contribution in [0, 0.1) is 11.3 Å². The number of nitrogens with zero attached hydrogens (tertiary/aromatic N) is 1. The molecule has 2 aliphatic carbocycles. The van der Waals surface area contributed by atoms with E-state index in [4.69, 9.17) is 4.99 Å². The van der Waals surface area contributed by atoms with Crippen molar-refractivity contribution in [2.45, 2.75) is 57.8 Å². The van der Waals surface area contributed by atoms with Gasteiger partial charge in [0.15, 0.2) is 5.17 Å². The third-order valence-corrected chi connectivity index (χ3v) is 6.34. The van der Waals surface area contributed by atoms with E-state index in [0.717, 1.165) is 19.0 Å². The van der Waals surface area contributed by atoms with E-state index in [9.17, 15) is 0 Å². The van der Waals surface area contributed by atoms with E-state index in [0.29, 0.717) is 5.41 Å². The number of aliphatic imine (C=N–C) groups is 1. The highest BCUT2D eigenvalue weighted by Crippen LogP contribution is 2.43. The van der Waals surface area contributed by atoms with Crippen LogP contribution in [-0.4, -0.2) is 24.0 Å². The van der Waals surface area contributed by atoms with Gasteiger partial charge in [0.1, 0.15) is 0 Å². The van der Waals surface area contributed by atoms with Crippen molar-refractivity contribution in [2.75, 3.05) is 18.8 Å². The zero-order valence-electron chi connectivity index (χ0n) is 11.4. The van der Waals surface area contributed by atoms with Crippen LogP contribution in [0.1, 0.15) is 57.8 Å². The summed E-state index contributed by atoms with van der Waals surface area (Å²) >= 11 is 1.98. The standard InChI is InChI=1S/C15H26N2S/c1-2-6-13(5-1)7-10-16-14-17-11-15(12-18-14)8-3-4-9-15/h13H,1-12H2,(H,16,17). The molecule has 0 bridgehead atoms. The van der Waals surface area contributed by atoms with Gasteiger partial charge in [-0.15, -0.1) is 0 Å². The molecule has 0 aromatic heterocycles. The van der Waals surface area contributed by atoms with E-state index in [1.165, 1.54) is 68.7 Å². The zero-order valence-corrected chi connectivity index (χ0v) is 12.2. The van der Waals surface area contributed by atoms with Crippen LogP contribution in [-0.2, 0) is 0 Å². The van der Waals surface area contributed by atoms with Gasteiger partial charge in [0.25, 0.3) is 0 Å². The molecule has 2 fully saturated rings. The van der Waals surface area contributed by atoms with Gasteiger partial charge in [-0.1, -0.05) is 50.3 Å². The van der Waals surface area contributed by atoms with Crippen molar-refractivity contribution in [2.24, 2.45) is 16.3 Å². The lowest BCUT2D eigenvalue weighted by Gasteiger charge is -2.31. The third kappa shape index (κ3) is 3.04. The fraction of sp³-hybridized carbons (Fsp3) is 0.933. The minimum atomic E-state index is 0.585. The number of rotatable bonds is 3. The van der Waals surface area contributed by atoms with Crippen molar-refractivity contribution in [3.05, 3.63) is 0 Å². The summed E-state index contributed by atoms with van der Waals surface area (Å²) < 4.78 is 0. The van der Waals surface area contributed by atoms with Crippen molar-refractivity contribution >= 4 is 16.9 Å². The monoisotopic (exact) mass is 266 g/mol. The van der Waals surface area contributed by atoms with Gasteiger partial charge in [0.2, 0.25) is 0 Å². The molecule has 1 heterocycles. The second kappa shape index (κ2) is 5.85. The molecule has 0 aromatic carbocycles. The van der Waals surface area contributed by atoms with Crippen molar-refractivity contribution in [1.29, 1.82) is 0 Å². The molecule has 0 atom stereocenters. The van der Waals surface area contributed by atoms with Gasteiger partial charge < -0.3 is 5.32 Å². The molecule has 3 aliphatic rings. The second-order valence-corrected chi connectivity index (χ2v) is 7.45. The van der Waals surface area contributed by atoms with Crippen LogP contribution in [0.25, 0.3) is 0 Å². The Kier molecular flexibility index (Phi) is 4.17. The SMILES string of the molecule is C1CCC(CCNC2=NCC3(CCCC3)CS2)C1. The van der Waals surface area contributed by atoms with Crippen molar-refractivity contribution in [3.8, 4) is 0 Å². The maximum atomic E-state index is 4.80. The summed E-state index contributed by atoms with van der Waals surface area (Å²) in [4.78, 5) is 4.80. The number of thioether (sulfide) groups is 1. The summed E-state index contributed by atoms with van der Waals surface area (Å²) in [7, 11) is 0. The maximum absolute atomic E-state index is 4.80. The van der Waals surface area contributed by atoms with Gasteiger partial charge in [0, 0.05) is 18.8 Å². The molecule has 0 saturated heterocycles. The molecule has 1 N–H and O–H groups in total. The molecular formula is C15H26N2S. The highest BCUT2D eigenvalue weighted by atomic mass is 32.2. The fourth-order valence-corrected chi connectivity index (χ4v) is 4.95. The quantitative estimate of drug-likeness (QED) is 0.840. The van der Waals surface area contributed by atoms with Crippen LogP contribution < -0.4 is 5.32 Å². The number of nitrogens with one attached hydrogen (secondary N) is 1. The Hall–Kier alpha value is -0.180. The summed E-state index contributed by atoms with van der Waals surface area (Å²) in [5, 5.41) is 4.80. The van der Waals surface area contributed by atoms with E-state index in [2.05, 4.69) is 5.32 Å². The predicted molar refractivity (Wildman–Crippen MR) is 80.2 cm³/mol. The van der Waals surface area contributed by atoms with E-state index >= 15 is 0 Å². The fourth-order valence-electron chi connectivity index (χ4n) is 3.77. The normalized spacial score (nSPS) is 27.7.